The molecular weight excluding hydrogens is 614 g/mol. The SMILES string of the molecule is CCN1C[C@@]2(COC)[C@@H](O)C[C@@H](OC)[C@@]34C1[C@@H]([C@@H](OC)[C@@H]23)[C@]1(OC(C)=O)[C@H](O)[C@@H](OC)[C@@]2(O)C[C@@]4(O)[C@H]1[C@@H]2OC(=O)c1ccccc1. The van der Waals surface area contributed by atoms with Gasteiger partial charge in [-0.15, -0.1) is 0 Å². The van der Waals surface area contributed by atoms with Gasteiger partial charge in [-0.25, -0.2) is 4.79 Å². The number of aliphatic hydroxyl groups excluding tert-OH is 2. The highest BCUT2D eigenvalue weighted by Gasteiger charge is 2.96. The molecule has 15 atom stereocenters. The van der Waals surface area contributed by atoms with Crippen molar-refractivity contribution in [1.82, 2.24) is 4.90 Å². The second-order valence-corrected chi connectivity index (χ2v) is 14.6. The summed E-state index contributed by atoms with van der Waals surface area (Å²) in [7, 11) is 5.94. The summed E-state index contributed by atoms with van der Waals surface area (Å²) in [5, 5.41) is 51.1. The molecule has 6 aliphatic rings. The molecule has 0 amide bonds. The van der Waals surface area contributed by atoms with Crippen LogP contribution < -0.4 is 0 Å². The lowest BCUT2D eigenvalue weighted by Gasteiger charge is -2.72. The van der Waals surface area contributed by atoms with Crippen LogP contribution in [0.5, 0.6) is 0 Å². The molecule has 13 nitrogen and oxygen atoms in total. The Bertz CT molecular complexity index is 1410. The first kappa shape index (κ1) is 33.3. The number of esters is 2. The van der Waals surface area contributed by atoms with Crippen LogP contribution in [0.4, 0.5) is 0 Å². The first-order chi connectivity index (χ1) is 22.3. The predicted molar refractivity (Wildman–Crippen MR) is 162 cm³/mol. The van der Waals surface area contributed by atoms with E-state index >= 15 is 0 Å². The predicted octanol–water partition coefficient (Wildman–Crippen LogP) is -0.237. The highest BCUT2D eigenvalue weighted by Crippen LogP contribution is 2.81. The van der Waals surface area contributed by atoms with Crippen molar-refractivity contribution in [2.75, 3.05) is 48.1 Å². The molecule has 7 bridgehead atoms. The fourth-order valence-corrected chi connectivity index (χ4v) is 12.3. The number of rotatable bonds is 9. The fraction of sp³-hybridized carbons (Fsp3) is 0.765. The van der Waals surface area contributed by atoms with Crippen molar-refractivity contribution in [1.29, 1.82) is 0 Å². The standard InChI is InChI=1S/C34H47NO12/c1-7-35-15-30(16-42-3)19(37)13-20(43-4)33-23(30)22(44-5)21(25(33)35)34(47-17(2)36)24-27(46-29(39)18-11-9-8-10-12-18)31(40,14-32(24,33)41)28(45-6)26(34)38/h8-12,19-28,37-38,40-41H,7,13-16H2,1-6H3/t19-,20+,21+,22+,23-,24+,25?,26+,27-,28+,30+,31+,32+,33-,34+/m0/s1. The topological polar surface area (TPSA) is 174 Å². The van der Waals surface area contributed by atoms with E-state index in [1.54, 1.807) is 37.4 Å². The normalized spacial score (nSPS) is 50.7. The minimum absolute atomic E-state index is 0.119. The van der Waals surface area contributed by atoms with E-state index < -0.39 is 106 Å². The Labute approximate surface area is 274 Å². The number of fused-ring (bicyclic) bond motifs is 2. The molecule has 1 saturated heterocycles. The van der Waals surface area contributed by atoms with E-state index in [1.807, 2.05) is 6.92 Å². The van der Waals surface area contributed by atoms with Gasteiger partial charge in [0.15, 0.2) is 5.60 Å². The van der Waals surface area contributed by atoms with Gasteiger partial charge in [-0.1, -0.05) is 25.1 Å². The van der Waals surface area contributed by atoms with Gasteiger partial charge in [0.2, 0.25) is 0 Å². The lowest BCUT2D eigenvalue weighted by atomic mass is 9.40. The molecule has 13 heteroatoms. The van der Waals surface area contributed by atoms with Crippen LogP contribution in [0.3, 0.4) is 0 Å². The van der Waals surface area contributed by atoms with Crippen LogP contribution >= 0.6 is 0 Å². The van der Waals surface area contributed by atoms with Crippen LogP contribution in [-0.2, 0) is 33.2 Å². The minimum Gasteiger partial charge on any atom is -0.455 e. The molecule has 47 heavy (non-hydrogen) atoms. The molecule has 1 unspecified atom stereocenters. The monoisotopic (exact) mass is 661 g/mol. The summed E-state index contributed by atoms with van der Waals surface area (Å²) in [4.78, 5) is 29.2. The zero-order chi connectivity index (χ0) is 33.9. The number of hydrogen-bond acceptors (Lipinski definition) is 13. The lowest BCUT2D eigenvalue weighted by Crippen LogP contribution is -2.85. The molecule has 7 rings (SSSR count). The average molecular weight is 662 g/mol. The molecule has 0 aromatic heterocycles. The van der Waals surface area contributed by atoms with Crippen LogP contribution in [0.1, 0.15) is 37.0 Å². The third-order valence-electron chi connectivity index (χ3n) is 13.2. The smallest absolute Gasteiger partial charge is 0.338 e. The van der Waals surface area contributed by atoms with Crippen LogP contribution in [0, 0.1) is 28.6 Å². The number of aliphatic hydroxyl groups is 4. The van der Waals surface area contributed by atoms with Gasteiger partial charge in [0.1, 0.15) is 23.9 Å². The van der Waals surface area contributed by atoms with Crippen LogP contribution in [-0.4, -0.2) is 145 Å². The van der Waals surface area contributed by atoms with E-state index in [0.717, 1.165) is 0 Å². The second kappa shape index (κ2) is 10.9. The summed E-state index contributed by atoms with van der Waals surface area (Å²) in [5.41, 5.74) is -8.15. The van der Waals surface area contributed by atoms with Gasteiger partial charge in [0, 0.05) is 83.5 Å². The molecule has 1 heterocycles. The zero-order valence-corrected chi connectivity index (χ0v) is 27.7. The maximum atomic E-state index is 13.8. The highest BCUT2D eigenvalue weighted by molar-refractivity contribution is 5.89. The molecule has 5 saturated carbocycles. The first-order valence-electron chi connectivity index (χ1n) is 16.4. The van der Waals surface area contributed by atoms with Gasteiger partial charge in [0.25, 0.3) is 0 Å². The van der Waals surface area contributed by atoms with E-state index in [2.05, 4.69) is 4.90 Å². The third kappa shape index (κ3) is 3.65. The van der Waals surface area contributed by atoms with Gasteiger partial charge in [0.05, 0.1) is 42.0 Å². The van der Waals surface area contributed by atoms with Crippen molar-refractivity contribution in [3.63, 3.8) is 0 Å². The maximum absolute atomic E-state index is 13.8. The van der Waals surface area contributed by atoms with E-state index in [4.69, 9.17) is 28.4 Å². The van der Waals surface area contributed by atoms with E-state index in [1.165, 1.54) is 28.3 Å². The summed E-state index contributed by atoms with van der Waals surface area (Å²) in [6.07, 6.45) is -7.38. The van der Waals surface area contributed by atoms with Crippen LogP contribution in [0.15, 0.2) is 30.3 Å². The summed E-state index contributed by atoms with van der Waals surface area (Å²) >= 11 is 0. The van der Waals surface area contributed by atoms with Gasteiger partial charge >= 0.3 is 11.9 Å². The molecule has 4 N–H and O–H groups in total. The largest absolute Gasteiger partial charge is 0.455 e. The summed E-state index contributed by atoms with van der Waals surface area (Å²) in [6, 6.07) is 7.64. The molecule has 0 radical (unpaired) electrons. The minimum atomic E-state index is -2.12. The summed E-state index contributed by atoms with van der Waals surface area (Å²) in [6.45, 7) is 4.15. The van der Waals surface area contributed by atoms with Crippen molar-refractivity contribution >= 4 is 11.9 Å². The number of likely N-dealkylation sites (tertiary alicyclic amines) is 1. The highest BCUT2D eigenvalue weighted by atomic mass is 16.6. The Kier molecular flexibility index (Phi) is 7.72. The number of nitrogens with zero attached hydrogens (tertiary/aromatic N) is 1. The van der Waals surface area contributed by atoms with Crippen molar-refractivity contribution in [3.05, 3.63) is 35.9 Å². The Balaban J connectivity index is 1.57. The molecule has 6 fully saturated rings. The molecule has 260 valence electrons. The fourth-order valence-electron chi connectivity index (χ4n) is 12.3. The molecule has 1 spiro atoms. The van der Waals surface area contributed by atoms with E-state index in [-0.39, 0.29) is 18.6 Å². The van der Waals surface area contributed by atoms with E-state index in [9.17, 15) is 30.0 Å². The molecular formula is C34H47NO12. The Morgan fingerprint density at radius 2 is 1.68 bits per heavy atom. The first-order valence-corrected chi connectivity index (χ1v) is 16.4. The number of ether oxygens (including phenoxy) is 6. The van der Waals surface area contributed by atoms with Gasteiger partial charge in [-0.2, -0.15) is 0 Å². The van der Waals surface area contributed by atoms with Crippen LogP contribution in [0.25, 0.3) is 0 Å². The van der Waals surface area contributed by atoms with Crippen molar-refractivity contribution < 1.29 is 58.4 Å². The Morgan fingerprint density at radius 3 is 2.26 bits per heavy atom. The Morgan fingerprint density at radius 1 is 0.979 bits per heavy atom. The quantitative estimate of drug-likeness (QED) is 0.256. The average Bonchev–Trinajstić information content (AvgIpc) is 3.39. The summed E-state index contributed by atoms with van der Waals surface area (Å²) in [5.74, 6) is -4.34. The van der Waals surface area contributed by atoms with Crippen molar-refractivity contribution in [3.8, 4) is 0 Å². The zero-order valence-electron chi connectivity index (χ0n) is 27.7. The number of hydrogen-bond donors (Lipinski definition) is 4. The lowest BCUT2D eigenvalue weighted by molar-refractivity contribution is -0.355. The number of carbonyl (C=O) groups excluding carboxylic acids is 2. The maximum Gasteiger partial charge on any atom is 0.338 e. The number of benzene rings is 1. The molecule has 1 aliphatic heterocycles. The molecule has 1 aromatic carbocycles. The Hall–Kier alpha value is -2.20. The number of carbonyl (C=O) groups is 2. The third-order valence-corrected chi connectivity index (χ3v) is 13.2. The van der Waals surface area contributed by atoms with Gasteiger partial charge in [-0.05, 0) is 18.7 Å². The van der Waals surface area contributed by atoms with Crippen molar-refractivity contribution in [2.24, 2.45) is 28.6 Å². The van der Waals surface area contributed by atoms with E-state index in [0.29, 0.717) is 13.1 Å². The van der Waals surface area contributed by atoms with Gasteiger partial charge in [-0.3, -0.25) is 9.69 Å². The molecule has 5 aliphatic carbocycles. The van der Waals surface area contributed by atoms with Crippen molar-refractivity contribution in [2.45, 2.75) is 86.2 Å². The molecule has 1 aromatic rings. The van der Waals surface area contributed by atoms with Gasteiger partial charge < -0.3 is 48.8 Å². The number of methoxy groups -OCH3 is 4. The number of piperidine rings is 1. The summed E-state index contributed by atoms with van der Waals surface area (Å²) < 4.78 is 36.9. The van der Waals surface area contributed by atoms with Crippen LogP contribution in [0.2, 0.25) is 0 Å². The second-order valence-electron chi connectivity index (χ2n) is 14.6.